The number of hydrogen-bond acceptors (Lipinski definition) is 14. The third-order valence-corrected chi connectivity index (χ3v) is 8.60. The van der Waals surface area contributed by atoms with E-state index >= 15 is 0 Å². The second-order valence-electron chi connectivity index (χ2n) is 14.2. The van der Waals surface area contributed by atoms with E-state index in [1.54, 1.807) is 13.8 Å². The molecule has 7 amide bonds. The van der Waals surface area contributed by atoms with Gasteiger partial charge >= 0.3 is 17.9 Å². The molecule has 0 saturated heterocycles. The fraction of sp³-hybridized carbons (Fsp3) is 0.706. The van der Waals surface area contributed by atoms with Crippen LogP contribution < -0.4 is 43.0 Å². The first-order chi connectivity index (χ1) is 26.9. The van der Waals surface area contributed by atoms with Gasteiger partial charge in [0.05, 0.1) is 18.8 Å². The van der Waals surface area contributed by atoms with Crippen LogP contribution in [0.2, 0.25) is 0 Å². The standard InChI is InChI=1S/C34H58N8O15S/c1-14(2)11-20(34(56)57)38-31(53)22(13-58)40-30(52)21(12-43)39-28(50)18(7-9-23(45)46)37-32(54)25(15(3)4)41-33(55)26(17(6)44)42-29(51)19(8-10-24(47)48)36-27(49)16(5)35/h14-22,25-26,43-44,58H,7-13,35H2,1-6H3,(H,36,49)(H,37,54)(H,38,53)(H,39,50)(H,40,52)(H,41,55)(H,42,51)(H,45,46)(H,47,48)(H,56,57). The van der Waals surface area contributed by atoms with Crippen molar-refractivity contribution in [1.29, 1.82) is 0 Å². The highest BCUT2D eigenvalue weighted by molar-refractivity contribution is 7.80. The Kier molecular flexibility index (Phi) is 23.8. The first-order valence-electron chi connectivity index (χ1n) is 18.3. The van der Waals surface area contributed by atoms with Crippen molar-refractivity contribution >= 4 is 71.9 Å². The molecule has 24 heteroatoms. The molecule has 9 atom stereocenters. The Morgan fingerprint density at radius 2 is 0.914 bits per heavy atom. The molecule has 0 aliphatic rings. The van der Waals surface area contributed by atoms with Gasteiger partial charge in [0.1, 0.15) is 42.3 Å². The Bertz CT molecular complexity index is 1480. The molecule has 58 heavy (non-hydrogen) atoms. The largest absolute Gasteiger partial charge is 0.481 e. The Morgan fingerprint density at radius 1 is 0.534 bits per heavy atom. The number of carboxylic acids is 3. The van der Waals surface area contributed by atoms with E-state index in [2.05, 4.69) is 49.8 Å². The molecule has 0 radical (unpaired) electrons. The van der Waals surface area contributed by atoms with Crippen molar-refractivity contribution in [3.05, 3.63) is 0 Å². The van der Waals surface area contributed by atoms with Crippen LogP contribution in [0.3, 0.4) is 0 Å². The minimum Gasteiger partial charge on any atom is -0.481 e. The van der Waals surface area contributed by atoms with E-state index in [1.807, 2.05) is 0 Å². The normalized spacial score (nSPS) is 15.8. The van der Waals surface area contributed by atoms with Crippen molar-refractivity contribution in [2.24, 2.45) is 17.6 Å². The smallest absolute Gasteiger partial charge is 0.326 e. The predicted octanol–water partition coefficient (Wildman–Crippen LogP) is -4.45. The van der Waals surface area contributed by atoms with Crippen LogP contribution in [0.5, 0.6) is 0 Å². The SMILES string of the molecule is CC(C)CC(NC(=O)C(CS)NC(=O)C(CO)NC(=O)C(CCC(=O)O)NC(=O)C(NC(=O)C(NC(=O)C(CCC(=O)O)NC(=O)C(C)N)C(C)O)C(C)C)C(=O)O. The van der Waals surface area contributed by atoms with E-state index < -0.39 is 152 Å². The number of carboxylic acid groups (broad SMARTS) is 3. The molecule has 0 saturated carbocycles. The first-order valence-corrected chi connectivity index (χ1v) is 18.9. The maximum Gasteiger partial charge on any atom is 0.326 e. The molecule has 23 nitrogen and oxygen atoms in total. The molecule has 0 aliphatic carbocycles. The Hall–Kier alpha value is -5.07. The van der Waals surface area contributed by atoms with Crippen molar-refractivity contribution < 1.29 is 73.5 Å². The van der Waals surface area contributed by atoms with Gasteiger partial charge in [0.2, 0.25) is 41.4 Å². The van der Waals surface area contributed by atoms with Gasteiger partial charge in [-0.15, -0.1) is 0 Å². The number of aliphatic hydroxyl groups excluding tert-OH is 2. The van der Waals surface area contributed by atoms with E-state index in [0.717, 1.165) is 6.92 Å². The average molecular weight is 851 g/mol. The molecule has 0 aromatic heterocycles. The highest BCUT2D eigenvalue weighted by atomic mass is 32.1. The van der Waals surface area contributed by atoms with E-state index in [9.17, 15) is 68.4 Å². The van der Waals surface area contributed by atoms with Crippen LogP contribution in [0.25, 0.3) is 0 Å². The van der Waals surface area contributed by atoms with Gasteiger partial charge in [-0.1, -0.05) is 27.7 Å². The molecule has 0 aliphatic heterocycles. The number of nitrogens with two attached hydrogens (primary N) is 1. The number of aliphatic hydroxyl groups is 2. The molecule has 0 aromatic rings. The molecular weight excluding hydrogens is 792 g/mol. The van der Waals surface area contributed by atoms with E-state index in [-0.39, 0.29) is 18.1 Å². The number of carbonyl (C=O) groups is 10. The minimum absolute atomic E-state index is 0.0681. The quantitative estimate of drug-likeness (QED) is 0.0347. The number of rotatable bonds is 27. The lowest BCUT2D eigenvalue weighted by Crippen LogP contribution is -2.62. The second-order valence-corrected chi connectivity index (χ2v) is 14.6. The van der Waals surface area contributed by atoms with Crippen LogP contribution in [0, 0.1) is 11.8 Å². The second kappa shape index (κ2) is 26.0. The molecule has 0 fully saturated rings. The van der Waals surface area contributed by atoms with Crippen LogP contribution in [0.1, 0.15) is 73.6 Å². The monoisotopic (exact) mass is 850 g/mol. The average Bonchev–Trinajstić information content (AvgIpc) is 3.12. The maximum atomic E-state index is 13.5. The summed E-state index contributed by atoms with van der Waals surface area (Å²) in [6.45, 7) is 7.78. The lowest BCUT2D eigenvalue weighted by atomic mass is 10.0. The molecule has 0 rings (SSSR count). The summed E-state index contributed by atoms with van der Waals surface area (Å²) in [5.41, 5.74) is 5.53. The lowest BCUT2D eigenvalue weighted by molar-refractivity contribution is -0.143. The summed E-state index contributed by atoms with van der Waals surface area (Å²) >= 11 is 4.02. The van der Waals surface area contributed by atoms with Crippen molar-refractivity contribution in [2.45, 2.75) is 128 Å². The van der Waals surface area contributed by atoms with Crippen LogP contribution in [-0.4, -0.2) is 152 Å². The summed E-state index contributed by atoms with van der Waals surface area (Å²) in [5, 5.41) is 64.0. The molecule has 0 bridgehead atoms. The van der Waals surface area contributed by atoms with Crippen LogP contribution in [-0.2, 0) is 47.9 Å². The Morgan fingerprint density at radius 3 is 1.31 bits per heavy atom. The summed E-state index contributed by atoms with van der Waals surface area (Å²) in [5.74, 6) is -12.5. The number of thiol groups is 1. The fourth-order valence-corrected chi connectivity index (χ4v) is 5.23. The van der Waals surface area contributed by atoms with Gasteiger partial charge in [0, 0.05) is 18.6 Å². The summed E-state index contributed by atoms with van der Waals surface area (Å²) in [4.78, 5) is 126. The van der Waals surface area contributed by atoms with Crippen LogP contribution in [0.4, 0.5) is 0 Å². The lowest BCUT2D eigenvalue weighted by Gasteiger charge is -2.29. The fourth-order valence-electron chi connectivity index (χ4n) is 4.97. The molecule has 330 valence electrons. The molecule has 9 unspecified atom stereocenters. The minimum atomic E-state index is -1.77. The van der Waals surface area contributed by atoms with Crippen molar-refractivity contribution in [3.63, 3.8) is 0 Å². The third-order valence-electron chi connectivity index (χ3n) is 8.24. The van der Waals surface area contributed by atoms with Gasteiger partial charge in [-0.3, -0.25) is 43.2 Å². The first kappa shape index (κ1) is 52.9. The highest BCUT2D eigenvalue weighted by Crippen LogP contribution is 2.09. The number of nitrogens with one attached hydrogen (secondary N) is 7. The Labute approximate surface area is 340 Å². The zero-order chi connectivity index (χ0) is 45.0. The topological polar surface area (TPSA) is 382 Å². The zero-order valence-electron chi connectivity index (χ0n) is 33.1. The van der Waals surface area contributed by atoms with Crippen molar-refractivity contribution in [1.82, 2.24) is 37.2 Å². The van der Waals surface area contributed by atoms with Crippen LogP contribution >= 0.6 is 12.6 Å². The summed E-state index contributed by atoms with van der Waals surface area (Å²) in [6, 6.07) is -12.1. The summed E-state index contributed by atoms with van der Waals surface area (Å²) in [6.07, 6.45) is -3.78. The number of carbonyl (C=O) groups excluding carboxylic acids is 7. The number of aliphatic carboxylic acids is 3. The molecule has 0 spiro atoms. The van der Waals surface area contributed by atoms with Gasteiger partial charge in [-0.05, 0) is 44.9 Å². The molecule has 0 aromatic carbocycles. The third kappa shape index (κ3) is 19.4. The van der Waals surface area contributed by atoms with Crippen molar-refractivity contribution in [3.8, 4) is 0 Å². The van der Waals surface area contributed by atoms with E-state index in [0.29, 0.717) is 0 Å². The van der Waals surface area contributed by atoms with Crippen LogP contribution in [0.15, 0.2) is 0 Å². The molecule has 0 heterocycles. The number of amides is 7. The van der Waals surface area contributed by atoms with Gasteiger partial charge in [0.25, 0.3) is 0 Å². The zero-order valence-corrected chi connectivity index (χ0v) is 34.0. The number of hydrogen-bond donors (Lipinski definition) is 14. The maximum absolute atomic E-state index is 13.5. The summed E-state index contributed by atoms with van der Waals surface area (Å²) in [7, 11) is 0. The Balaban J connectivity index is 6.13. The van der Waals surface area contributed by atoms with Gasteiger partial charge in [-0.25, -0.2) is 4.79 Å². The van der Waals surface area contributed by atoms with Gasteiger partial charge < -0.3 is 68.5 Å². The van der Waals surface area contributed by atoms with Crippen molar-refractivity contribution in [2.75, 3.05) is 12.4 Å². The summed E-state index contributed by atoms with van der Waals surface area (Å²) < 4.78 is 0. The van der Waals surface area contributed by atoms with Gasteiger partial charge in [-0.2, -0.15) is 12.6 Å². The highest BCUT2D eigenvalue weighted by Gasteiger charge is 2.36. The van der Waals surface area contributed by atoms with E-state index in [1.165, 1.54) is 20.8 Å². The van der Waals surface area contributed by atoms with Gasteiger partial charge in [0.15, 0.2) is 0 Å². The van der Waals surface area contributed by atoms with E-state index in [4.69, 9.17) is 10.8 Å². The predicted molar refractivity (Wildman–Crippen MR) is 205 cm³/mol. The molecular formula is C34H58N8O15S. The molecule has 14 N–H and O–H groups in total.